The Bertz CT molecular complexity index is 579. The van der Waals surface area contributed by atoms with Crippen LogP contribution < -0.4 is 4.90 Å². The Morgan fingerprint density at radius 3 is 2.78 bits per heavy atom. The molecule has 130 valence electrons. The van der Waals surface area contributed by atoms with Crippen molar-refractivity contribution in [3.8, 4) is 0 Å². The van der Waals surface area contributed by atoms with Crippen LogP contribution >= 0.6 is 0 Å². The summed E-state index contributed by atoms with van der Waals surface area (Å²) in [6.07, 6.45) is 4.63. The summed E-state index contributed by atoms with van der Waals surface area (Å²) in [5, 5.41) is 8.16. The average molecular weight is 341 g/mol. The van der Waals surface area contributed by atoms with Crippen molar-refractivity contribution in [2.75, 3.05) is 51.4 Å². The molecule has 0 aromatic carbocycles. The Morgan fingerprint density at radius 1 is 1.35 bits per heavy atom. The predicted molar refractivity (Wildman–Crippen MR) is 92.0 cm³/mol. The highest BCUT2D eigenvalue weighted by Gasteiger charge is 2.26. The number of rotatable bonds is 8. The van der Waals surface area contributed by atoms with Crippen molar-refractivity contribution >= 4 is 15.8 Å². The highest BCUT2D eigenvalue weighted by Crippen LogP contribution is 2.23. The van der Waals surface area contributed by atoms with Gasteiger partial charge in [-0.1, -0.05) is 0 Å². The van der Waals surface area contributed by atoms with E-state index in [4.69, 9.17) is 0 Å². The Hall–Kier alpha value is -1.25. The van der Waals surface area contributed by atoms with Gasteiger partial charge >= 0.3 is 0 Å². The van der Waals surface area contributed by atoms with Gasteiger partial charge in [-0.05, 0) is 45.0 Å². The van der Waals surface area contributed by atoms with Crippen molar-refractivity contribution in [2.24, 2.45) is 0 Å². The monoisotopic (exact) mass is 341 g/mol. The maximum absolute atomic E-state index is 11.8. The zero-order valence-corrected chi connectivity index (χ0v) is 15.0. The predicted octanol–water partition coefficient (Wildman–Crippen LogP) is 0.659. The van der Waals surface area contributed by atoms with Crippen LogP contribution in [-0.2, 0) is 10.0 Å². The summed E-state index contributed by atoms with van der Waals surface area (Å²) in [5.41, 5.74) is 0. The van der Waals surface area contributed by atoms with E-state index >= 15 is 0 Å². The lowest BCUT2D eigenvalue weighted by Crippen LogP contribution is -2.40. The Labute approximate surface area is 139 Å². The second-order valence-corrected chi connectivity index (χ2v) is 8.59. The highest BCUT2D eigenvalue weighted by atomic mass is 32.2. The fraction of sp³-hybridized carbons (Fsp3) is 0.733. The van der Waals surface area contributed by atoms with Gasteiger partial charge < -0.3 is 9.80 Å². The minimum absolute atomic E-state index is 0.197. The molecule has 1 aromatic heterocycles. The molecular weight excluding hydrogens is 314 g/mol. The molecule has 0 N–H and O–H groups in total. The molecule has 2 heterocycles. The molecule has 1 aliphatic heterocycles. The number of nitrogens with zero attached hydrogens (tertiary/aromatic N) is 5. The summed E-state index contributed by atoms with van der Waals surface area (Å²) in [5.74, 6) is 1.13. The van der Waals surface area contributed by atoms with E-state index < -0.39 is 10.0 Å². The second kappa shape index (κ2) is 8.03. The van der Waals surface area contributed by atoms with E-state index in [0.29, 0.717) is 12.5 Å². The summed E-state index contributed by atoms with van der Waals surface area (Å²) in [6.45, 7) is 2.70. The lowest BCUT2D eigenvalue weighted by atomic mass is 10.2. The lowest BCUT2D eigenvalue weighted by Gasteiger charge is -2.29. The molecule has 1 unspecified atom stereocenters. The summed E-state index contributed by atoms with van der Waals surface area (Å²) in [4.78, 5) is 4.52. The van der Waals surface area contributed by atoms with Crippen molar-refractivity contribution in [1.29, 1.82) is 0 Å². The van der Waals surface area contributed by atoms with Gasteiger partial charge in [0.15, 0.2) is 5.82 Å². The first-order chi connectivity index (χ1) is 10.9. The van der Waals surface area contributed by atoms with Crippen LogP contribution in [0.2, 0.25) is 0 Å². The van der Waals surface area contributed by atoms with Crippen LogP contribution in [0.3, 0.4) is 0 Å². The van der Waals surface area contributed by atoms with Gasteiger partial charge in [-0.25, -0.2) is 12.7 Å². The molecule has 0 radical (unpaired) electrons. The van der Waals surface area contributed by atoms with Gasteiger partial charge in [0.25, 0.3) is 0 Å². The van der Waals surface area contributed by atoms with E-state index in [2.05, 4.69) is 27.0 Å². The van der Waals surface area contributed by atoms with Crippen LogP contribution in [-0.4, -0.2) is 80.4 Å². The zero-order chi connectivity index (χ0) is 16.9. The van der Waals surface area contributed by atoms with Gasteiger partial charge in [0.2, 0.25) is 10.0 Å². The third kappa shape index (κ3) is 5.12. The van der Waals surface area contributed by atoms with E-state index in [-0.39, 0.29) is 5.75 Å². The molecular formula is C15H27N5O2S. The quantitative estimate of drug-likeness (QED) is 0.692. The van der Waals surface area contributed by atoms with Crippen LogP contribution in [0.5, 0.6) is 0 Å². The second-order valence-electron chi connectivity index (χ2n) is 6.29. The van der Waals surface area contributed by atoms with Crippen molar-refractivity contribution in [3.05, 3.63) is 18.3 Å². The molecule has 2 rings (SSSR count). The number of likely N-dealkylation sites (N-methyl/N-ethyl adjacent to an activating group) is 1. The van der Waals surface area contributed by atoms with Crippen LogP contribution in [0.25, 0.3) is 0 Å². The van der Waals surface area contributed by atoms with Gasteiger partial charge in [-0.3, -0.25) is 0 Å². The number of hydrogen-bond acceptors (Lipinski definition) is 6. The molecule has 0 spiro atoms. The molecule has 1 saturated heterocycles. The van der Waals surface area contributed by atoms with E-state index in [9.17, 15) is 8.42 Å². The molecule has 0 amide bonds. The van der Waals surface area contributed by atoms with Crippen LogP contribution in [0.4, 0.5) is 5.82 Å². The summed E-state index contributed by atoms with van der Waals surface area (Å²) < 4.78 is 24.8. The van der Waals surface area contributed by atoms with E-state index in [1.807, 2.05) is 12.1 Å². The van der Waals surface area contributed by atoms with E-state index in [1.165, 1.54) is 4.31 Å². The summed E-state index contributed by atoms with van der Waals surface area (Å²) in [6, 6.07) is 4.32. The third-order valence-corrected chi connectivity index (χ3v) is 6.17. The average Bonchev–Trinajstić information content (AvgIpc) is 2.95. The molecule has 1 fully saturated rings. The van der Waals surface area contributed by atoms with Crippen molar-refractivity contribution < 1.29 is 8.42 Å². The summed E-state index contributed by atoms with van der Waals surface area (Å²) >= 11 is 0. The number of anilines is 1. The molecule has 7 nitrogen and oxygen atoms in total. The Kier molecular flexibility index (Phi) is 6.32. The number of aromatic nitrogens is 2. The fourth-order valence-electron chi connectivity index (χ4n) is 2.92. The maximum Gasteiger partial charge on any atom is 0.213 e. The smallest absolute Gasteiger partial charge is 0.213 e. The molecule has 1 aliphatic rings. The first kappa shape index (κ1) is 18.1. The number of hydrogen-bond donors (Lipinski definition) is 0. The van der Waals surface area contributed by atoms with Gasteiger partial charge in [-0.15, -0.1) is 5.10 Å². The van der Waals surface area contributed by atoms with E-state index in [1.54, 1.807) is 20.3 Å². The van der Waals surface area contributed by atoms with Gasteiger partial charge in [-0.2, -0.15) is 5.10 Å². The Morgan fingerprint density at radius 2 is 2.13 bits per heavy atom. The molecule has 23 heavy (non-hydrogen) atoms. The SMILES string of the molecule is CN(CCCS(=O)(=O)N(C)C)CC1CCCN1c1cccnn1. The minimum atomic E-state index is -3.10. The first-order valence-corrected chi connectivity index (χ1v) is 9.64. The molecule has 1 atom stereocenters. The van der Waals surface area contributed by atoms with Gasteiger partial charge in [0, 0.05) is 39.4 Å². The topological polar surface area (TPSA) is 69.6 Å². The normalized spacial score (nSPS) is 19.0. The van der Waals surface area contributed by atoms with Gasteiger partial charge in [0.05, 0.1) is 5.75 Å². The Balaban J connectivity index is 1.82. The van der Waals surface area contributed by atoms with Crippen molar-refractivity contribution in [1.82, 2.24) is 19.4 Å². The first-order valence-electron chi connectivity index (χ1n) is 8.03. The van der Waals surface area contributed by atoms with Gasteiger partial charge in [0.1, 0.15) is 0 Å². The van der Waals surface area contributed by atoms with E-state index in [0.717, 1.165) is 38.3 Å². The highest BCUT2D eigenvalue weighted by molar-refractivity contribution is 7.89. The largest absolute Gasteiger partial charge is 0.351 e. The fourth-order valence-corrected chi connectivity index (χ4v) is 3.78. The van der Waals surface area contributed by atoms with Crippen molar-refractivity contribution in [3.63, 3.8) is 0 Å². The standard InChI is InChI=1S/C15H27N5O2S/c1-18(2)23(21,22)12-6-10-19(3)13-14-7-5-11-20(14)15-8-4-9-16-17-15/h4,8-9,14H,5-7,10-13H2,1-3H3. The van der Waals surface area contributed by atoms with Crippen LogP contribution in [0, 0.1) is 0 Å². The molecule has 1 aromatic rings. The molecule has 8 heteroatoms. The van der Waals surface area contributed by atoms with Crippen LogP contribution in [0.15, 0.2) is 18.3 Å². The number of sulfonamides is 1. The third-order valence-electron chi connectivity index (χ3n) is 4.25. The molecule has 0 saturated carbocycles. The lowest BCUT2D eigenvalue weighted by molar-refractivity contribution is 0.310. The molecule has 0 aliphatic carbocycles. The molecule has 0 bridgehead atoms. The maximum atomic E-state index is 11.8. The minimum Gasteiger partial charge on any atom is -0.351 e. The zero-order valence-electron chi connectivity index (χ0n) is 14.2. The van der Waals surface area contributed by atoms with Crippen LogP contribution in [0.1, 0.15) is 19.3 Å². The summed E-state index contributed by atoms with van der Waals surface area (Å²) in [7, 11) is 2.11. The van der Waals surface area contributed by atoms with Crippen molar-refractivity contribution in [2.45, 2.75) is 25.3 Å².